The maximum atomic E-state index is 12.9. The van der Waals surface area contributed by atoms with Crippen LogP contribution in [-0.2, 0) is 41.5 Å². The van der Waals surface area contributed by atoms with Gasteiger partial charge in [0.25, 0.3) is 0 Å². The Hall–Kier alpha value is -3.68. The number of ether oxygens (including phenoxy) is 2. The quantitative estimate of drug-likeness (QED) is 0.289. The molecule has 2 aromatic carbocycles. The second-order valence-corrected chi connectivity index (χ2v) is 9.72. The van der Waals surface area contributed by atoms with E-state index in [1.54, 1.807) is 0 Å². The molecule has 0 aromatic heterocycles. The van der Waals surface area contributed by atoms with Crippen LogP contribution in [0.3, 0.4) is 0 Å². The fraction of sp³-hybridized carbons (Fsp3) is 0.467. The molecule has 0 bridgehead atoms. The van der Waals surface area contributed by atoms with E-state index in [9.17, 15) is 19.2 Å². The van der Waals surface area contributed by atoms with E-state index in [2.05, 4.69) is 10.6 Å². The van der Waals surface area contributed by atoms with Crippen molar-refractivity contribution in [3.05, 3.63) is 71.8 Å². The summed E-state index contributed by atoms with van der Waals surface area (Å²) in [5, 5.41) is 4.99. The Labute approximate surface area is 225 Å². The Balaban J connectivity index is 2.12. The van der Waals surface area contributed by atoms with Gasteiger partial charge in [0.2, 0.25) is 0 Å². The van der Waals surface area contributed by atoms with Crippen molar-refractivity contribution in [3.63, 3.8) is 0 Å². The van der Waals surface area contributed by atoms with Crippen LogP contribution in [0.1, 0.15) is 51.7 Å². The molecule has 8 nitrogen and oxygen atoms in total. The summed E-state index contributed by atoms with van der Waals surface area (Å²) >= 11 is 0. The molecule has 2 N–H and O–H groups in total. The molecular formula is C30H40N2O6. The van der Waals surface area contributed by atoms with Crippen LogP contribution < -0.4 is 10.6 Å². The topological polar surface area (TPSA) is 111 Å². The van der Waals surface area contributed by atoms with Gasteiger partial charge in [-0.3, -0.25) is 9.59 Å². The number of carbonyl (C=O) groups excluding carboxylic acids is 4. The highest BCUT2D eigenvalue weighted by Gasteiger charge is 2.30. The van der Waals surface area contributed by atoms with Crippen LogP contribution in [0.4, 0.5) is 0 Å². The van der Waals surface area contributed by atoms with Crippen molar-refractivity contribution in [2.24, 2.45) is 11.8 Å². The summed E-state index contributed by atoms with van der Waals surface area (Å²) in [5.74, 6) is -2.97. The van der Waals surface area contributed by atoms with Gasteiger partial charge in [0, 0.05) is 12.8 Å². The van der Waals surface area contributed by atoms with Crippen molar-refractivity contribution in [2.45, 2.75) is 65.5 Å². The van der Waals surface area contributed by atoms with Crippen LogP contribution in [0.15, 0.2) is 60.7 Å². The van der Waals surface area contributed by atoms with Gasteiger partial charge >= 0.3 is 23.8 Å². The number of esters is 2. The summed E-state index contributed by atoms with van der Waals surface area (Å²) in [4.78, 5) is 51.4. The van der Waals surface area contributed by atoms with E-state index in [-0.39, 0.29) is 37.9 Å². The molecule has 4 atom stereocenters. The average molecular weight is 525 g/mol. The van der Waals surface area contributed by atoms with Gasteiger partial charge in [0.15, 0.2) is 0 Å². The molecule has 8 heteroatoms. The van der Waals surface area contributed by atoms with E-state index in [4.69, 9.17) is 9.47 Å². The summed E-state index contributed by atoms with van der Waals surface area (Å²) in [6, 6.07) is 16.2. The first-order valence-electron chi connectivity index (χ1n) is 13.3. The minimum Gasteiger partial charge on any atom is -0.464 e. The van der Waals surface area contributed by atoms with E-state index in [0.29, 0.717) is 0 Å². The second kappa shape index (κ2) is 16.2. The first-order chi connectivity index (χ1) is 18.2. The number of rotatable bonds is 14. The van der Waals surface area contributed by atoms with Gasteiger partial charge in [0.05, 0.1) is 13.2 Å². The van der Waals surface area contributed by atoms with Gasteiger partial charge in [-0.05, 0) is 23.0 Å². The zero-order valence-corrected chi connectivity index (χ0v) is 22.8. The lowest BCUT2D eigenvalue weighted by Crippen LogP contribution is -2.53. The van der Waals surface area contributed by atoms with Crippen LogP contribution in [0.2, 0.25) is 0 Å². The fourth-order valence-electron chi connectivity index (χ4n) is 3.42. The number of hydrogen-bond acceptors (Lipinski definition) is 6. The molecular weight excluding hydrogens is 484 g/mol. The normalized spacial score (nSPS) is 13.9. The van der Waals surface area contributed by atoms with Gasteiger partial charge in [-0.1, -0.05) is 101 Å². The molecule has 0 aliphatic heterocycles. The molecule has 38 heavy (non-hydrogen) atoms. The van der Waals surface area contributed by atoms with Crippen LogP contribution in [-0.4, -0.2) is 49.1 Å². The van der Waals surface area contributed by atoms with Crippen LogP contribution >= 0.6 is 0 Å². The first kappa shape index (κ1) is 30.5. The predicted octanol–water partition coefficient (Wildman–Crippen LogP) is 3.62. The number of carbonyl (C=O) groups is 4. The van der Waals surface area contributed by atoms with Crippen LogP contribution in [0.5, 0.6) is 0 Å². The van der Waals surface area contributed by atoms with Crippen molar-refractivity contribution in [1.82, 2.24) is 10.6 Å². The van der Waals surface area contributed by atoms with Crippen molar-refractivity contribution < 1.29 is 28.7 Å². The summed E-state index contributed by atoms with van der Waals surface area (Å²) in [6.45, 7) is 8.32. The standard InChI is InChI=1S/C30H40N2O6/c1-5-21(3)19-37-29(35)25(17-23-13-9-7-10-14-23)31-27(33)28(34)32-26(18-24-15-11-8-12-16-24)30(36)38-20-22(4)6-2/h7-16,21-22,25-26H,5-6,17-20H2,1-4H3,(H,31,33)(H,32,34)/t21-,22-,25-,26-/m0/s1. The minimum atomic E-state index is -1.07. The molecule has 0 radical (unpaired) electrons. The SMILES string of the molecule is CC[C@H](C)COC(=O)[C@H](Cc1ccccc1)NC(=O)C(=O)N[C@@H](Cc1ccccc1)C(=O)OC[C@@H](C)CC. The molecule has 0 saturated heterocycles. The zero-order chi connectivity index (χ0) is 27.9. The van der Waals surface area contributed by atoms with Crippen molar-refractivity contribution in [1.29, 1.82) is 0 Å². The third kappa shape index (κ3) is 10.7. The highest BCUT2D eigenvalue weighted by molar-refractivity contribution is 6.35. The molecule has 0 fully saturated rings. The predicted molar refractivity (Wildman–Crippen MR) is 145 cm³/mol. The summed E-state index contributed by atoms with van der Waals surface area (Å²) < 4.78 is 10.8. The molecule has 0 aliphatic rings. The molecule has 2 amide bonds. The Morgan fingerprint density at radius 2 is 0.974 bits per heavy atom. The molecule has 2 rings (SSSR count). The summed E-state index contributed by atoms with van der Waals surface area (Å²) in [5.41, 5.74) is 1.60. The fourth-order valence-corrected chi connectivity index (χ4v) is 3.42. The molecule has 206 valence electrons. The van der Waals surface area contributed by atoms with Crippen molar-refractivity contribution in [3.8, 4) is 0 Å². The highest BCUT2D eigenvalue weighted by atomic mass is 16.5. The molecule has 0 spiro atoms. The Morgan fingerprint density at radius 3 is 1.29 bits per heavy atom. The minimum absolute atomic E-state index is 0.156. The lowest BCUT2D eigenvalue weighted by molar-refractivity contribution is -0.152. The zero-order valence-electron chi connectivity index (χ0n) is 22.8. The second-order valence-electron chi connectivity index (χ2n) is 9.72. The Kier molecular flexibility index (Phi) is 13.0. The van der Waals surface area contributed by atoms with Gasteiger partial charge in [0.1, 0.15) is 12.1 Å². The van der Waals surface area contributed by atoms with Gasteiger partial charge < -0.3 is 20.1 Å². The van der Waals surface area contributed by atoms with Crippen LogP contribution in [0.25, 0.3) is 0 Å². The lowest BCUT2D eigenvalue weighted by atomic mass is 10.1. The summed E-state index contributed by atoms with van der Waals surface area (Å²) in [6.07, 6.45) is 1.98. The lowest BCUT2D eigenvalue weighted by Gasteiger charge is -2.21. The Morgan fingerprint density at radius 1 is 0.632 bits per heavy atom. The largest absolute Gasteiger partial charge is 0.464 e. The smallest absolute Gasteiger partial charge is 0.329 e. The third-order valence-corrected chi connectivity index (χ3v) is 6.37. The number of hydrogen-bond donors (Lipinski definition) is 2. The van der Waals surface area contributed by atoms with E-state index in [1.807, 2.05) is 88.4 Å². The molecule has 0 heterocycles. The van der Waals surface area contributed by atoms with E-state index in [1.165, 1.54) is 0 Å². The third-order valence-electron chi connectivity index (χ3n) is 6.37. The highest BCUT2D eigenvalue weighted by Crippen LogP contribution is 2.09. The maximum absolute atomic E-state index is 12.9. The van der Waals surface area contributed by atoms with Crippen molar-refractivity contribution in [2.75, 3.05) is 13.2 Å². The van der Waals surface area contributed by atoms with Crippen molar-refractivity contribution >= 4 is 23.8 Å². The van der Waals surface area contributed by atoms with Crippen LogP contribution in [0, 0.1) is 11.8 Å². The number of nitrogens with one attached hydrogen (secondary N) is 2. The van der Waals surface area contributed by atoms with E-state index >= 15 is 0 Å². The van der Waals surface area contributed by atoms with Gasteiger partial charge in [-0.15, -0.1) is 0 Å². The van der Waals surface area contributed by atoms with Gasteiger partial charge in [-0.2, -0.15) is 0 Å². The van der Waals surface area contributed by atoms with E-state index < -0.39 is 35.8 Å². The molecule has 0 saturated carbocycles. The molecule has 2 aromatic rings. The van der Waals surface area contributed by atoms with Gasteiger partial charge in [-0.25, -0.2) is 9.59 Å². The monoisotopic (exact) mass is 524 g/mol. The Bertz CT molecular complexity index is 944. The summed E-state index contributed by atoms with van der Waals surface area (Å²) in [7, 11) is 0. The average Bonchev–Trinajstić information content (AvgIpc) is 2.94. The molecule has 0 unspecified atom stereocenters. The maximum Gasteiger partial charge on any atom is 0.329 e. The first-order valence-corrected chi connectivity index (χ1v) is 13.3. The number of benzene rings is 2. The number of amides is 2. The molecule has 0 aliphatic carbocycles. The van der Waals surface area contributed by atoms with E-state index in [0.717, 1.165) is 24.0 Å².